The van der Waals surface area contributed by atoms with E-state index in [1.807, 2.05) is 20.8 Å². The van der Waals surface area contributed by atoms with Crippen LogP contribution in [0.25, 0.3) is 0 Å². The van der Waals surface area contributed by atoms with Gasteiger partial charge in [0.2, 0.25) is 0 Å². The van der Waals surface area contributed by atoms with E-state index in [1.165, 1.54) is 13.2 Å². The number of phenolic OH excluding ortho intramolecular Hbond substituents is 1. The van der Waals surface area contributed by atoms with Crippen LogP contribution in [0.2, 0.25) is 0 Å². The first-order chi connectivity index (χ1) is 7.79. The van der Waals surface area contributed by atoms with E-state index >= 15 is 0 Å². The Morgan fingerprint density at radius 1 is 1.28 bits per heavy atom. The highest BCUT2D eigenvalue weighted by Gasteiger charge is 2.32. The molecular formula is C13H22ClNO3. The van der Waals surface area contributed by atoms with Gasteiger partial charge in [0.1, 0.15) is 11.5 Å². The standard InChI is InChI=1S/C13H21NO3.ClH/c1-13(2,3)12(16)11(14)10-8(15)6-5-7-9(10)17-4;/h5-7,11-12,15-16H,14H2,1-4H3;1H/t11-,12-;/m1./s1. The molecule has 0 radical (unpaired) electrons. The summed E-state index contributed by atoms with van der Waals surface area (Å²) in [7, 11) is 1.51. The largest absolute Gasteiger partial charge is 0.507 e. The molecule has 0 bridgehead atoms. The van der Waals surface area contributed by atoms with Crippen LogP contribution in [-0.4, -0.2) is 23.4 Å². The minimum absolute atomic E-state index is 0. The van der Waals surface area contributed by atoms with Crippen LogP contribution in [-0.2, 0) is 0 Å². The number of phenols is 1. The third-order valence-corrected chi connectivity index (χ3v) is 2.82. The number of rotatable bonds is 3. The van der Waals surface area contributed by atoms with Gasteiger partial charge < -0.3 is 20.7 Å². The van der Waals surface area contributed by atoms with E-state index in [4.69, 9.17) is 10.5 Å². The smallest absolute Gasteiger partial charge is 0.127 e. The van der Waals surface area contributed by atoms with E-state index in [0.717, 1.165) is 0 Å². The van der Waals surface area contributed by atoms with Crippen LogP contribution in [0, 0.1) is 5.41 Å². The number of benzene rings is 1. The number of hydrogen-bond donors (Lipinski definition) is 3. The lowest BCUT2D eigenvalue weighted by atomic mass is 9.82. The highest BCUT2D eigenvalue weighted by atomic mass is 35.5. The van der Waals surface area contributed by atoms with Gasteiger partial charge in [0, 0.05) is 0 Å². The van der Waals surface area contributed by atoms with Gasteiger partial charge in [-0.25, -0.2) is 0 Å². The number of methoxy groups -OCH3 is 1. The van der Waals surface area contributed by atoms with Crippen LogP contribution in [0.3, 0.4) is 0 Å². The molecule has 5 heteroatoms. The van der Waals surface area contributed by atoms with E-state index in [0.29, 0.717) is 11.3 Å². The highest BCUT2D eigenvalue weighted by molar-refractivity contribution is 5.85. The number of halogens is 1. The van der Waals surface area contributed by atoms with Gasteiger partial charge in [0.05, 0.1) is 24.8 Å². The molecule has 0 saturated heterocycles. The SMILES string of the molecule is COc1cccc(O)c1[C@@H](N)[C@@H](O)C(C)(C)C.Cl. The minimum Gasteiger partial charge on any atom is -0.507 e. The molecule has 0 saturated carbocycles. The van der Waals surface area contributed by atoms with E-state index in [9.17, 15) is 10.2 Å². The lowest BCUT2D eigenvalue weighted by Gasteiger charge is -2.31. The lowest BCUT2D eigenvalue weighted by molar-refractivity contribution is 0.0388. The van der Waals surface area contributed by atoms with Crippen LogP contribution in [0.1, 0.15) is 32.4 Å². The monoisotopic (exact) mass is 275 g/mol. The first-order valence-electron chi connectivity index (χ1n) is 5.58. The van der Waals surface area contributed by atoms with Gasteiger partial charge in [-0.05, 0) is 17.5 Å². The summed E-state index contributed by atoms with van der Waals surface area (Å²) < 4.78 is 5.16. The molecule has 1 rings (SSSR count). The van der Waals surface area contributed by atoms with Crippen molar-refractivity contribution in [3.05, 3.63) is 23.8 Å². The van der Waals surface area contributed by atoms with Gasteiger partial charge in [-0.3, -0.25) is 0 Å². The summed E-state index contributed by atoms with van der Waals surface area (Å²) in [6, 6.07) is 4.23. The van der Waals surface area contributed by atoms with Gasteiger partial charge in [0.25, 0.3) is 0 Å². The molecule has 0 heterocycles. The lowest BCUT2D eigenvalue weighted by Crippen LogP contribution is -2.37. The fourth-order valence-corrected chi connectivity index (χ4v) is 1.74. The zero-order chi connectivity index (χ0) is 13.2. The molecular weight excluding hydrogens is 254 g/mol. The molecule has 2 atom stereocenters. The van der Waals surface area contributed by atoms with Crippen molar-refractivity contribution >= 4 is 12.4 Å². The fourth-order valence-electron chi connectivity index (χ4n) is 1.74. The second-order valence-corrected chi connectivity index (χ2v) is 5.23. The molecule has 0 spiro atoms. The summed E-state index contributed by atoms with van der Waals surface area (Å²) in [5.41, 5.74) is 6.09. The zero-order valence-corrected chi connectivity index (χ0v) is 12.0. The molecule has 0 unspecified atom stereocenters. The molecule has 18 heavy (non-hydrogen) atoms. The van der Waals surface area contributed by atoms with Crippen molar-refractivity contribution in [2.45, 2.75) is 32.9 Å². The second kappa shape index (κ2) is 6.27. The van der Waals surface area contributed by atoms with Crippen molar-refractivity contribution in [3.8, 4) is 11.5 Å². The Labute approximate surface area is 114 Å². The average molecular weight is 276 g/mol. The van der Waals surface area contributed by atoms with E-state index < -0.39 is 12.1 Å². The molecule has 4 nitrogen and oxygen atoms in total. The number of aliphatic hydroxyl groups excluding tert-OH is 1. The molecule has 0 amide bonds. The quantitative estimate of drug-likeness (QED) is 0.791. The molecule has 4 N–H and O–H groups in total. The summed E-state index contributed by atoms with van der Waals surface area (Å²) in [4.78, 5) is 0. The highest BCUT2D eigenvalue weighted by Crippen LogP contribution is 2.37. The zero-order valence-electron chi connectivity index (χ0n) is 11.2. The molecule has 0 aromatic heterocycles. The number of aromatic hydroxyl groups is 1. The summed E-state index contributed by atoms with van der Waals surface area (Å²) in [6.45, 7) is 5.68. The number of hydrogen-bond acceptors (Lipinski definition) is 4. The summed E-state index contributed by atoms with van der Waals surface area (Å²) >= 11 is 0. The summed E-state index contributed by atoms with van der Waals surface area (Å²) in [5.74, 6) is 0.529. The maximum Gasteiger partial charge on any atom is 0.127 e. The Morgan fingerprint density at radius 3 is 2.28 bits per heavy atom. The van der Waals surface area contributed by atoms with Crippen LogP contribution < -0.4 is 10.5 Å². The van der Waals surface area contributed by atoms with Gasteiger partial charge in [-0.15, -0.1) is 12.4 Å². The normalized spacial score (nSPS) is 14.6. The van der Waals surface area contributed by atoms with Crippen LogP contribution in [0.5, 0.6) is 11.5 Å². The number of nitrogens with two attached hydrogens (primary N) is 1. The van der Waals surface area contributed by atoms with Crippen LogP contribution in [0.4, 0.5) is 0 Å². The summed E-state index contributed by atoms with van der Waals surface area (Å²) in [5, 5.41) is 20.0. The summed E-state index contributed by atoms with van der Waals surface area (Å²) in [6.07, 6.45) is -0.773. The topological polar surface area (TPSA) is 75.7 Å². The molecule has 0 aliphatic rings. The second-order valence-electron chi connectivity index (χ2n) is 5.23. The van der Waals surface area contributed by atoms with Gasteiger partial charge in [0.15, 0.2) is 0 Å². The van der Waals surface area contributed by atoms with Crippen LogP contribution >= 0.6 is 12.4 Å². The third-order valence-electron chi connectivity index (χ3n) is 2.82. The van der Waals surface area contributed by atoms with Crippen molar-refractivity contribution in [3.63, 3.8) is 0 Å². The molecule has 0 aliphatic carbocycles. The number of aliphatic hydroxyl groups is 1. The molecule has 0 fully saturated rings. The molecule has 1 aromatic carbocycles. The average Bonchev–Trinajstić information content (AvgIpc) is 2.25. The van der Waals surface area contributed by atoms with E-state index in [-0.39, 0.29) is 23.6 Å². The maximum absolute atomic E-state index is 10.2. The number of ether oxygens (including phenoxy) is 1. The van der Waals surface area contributed by atoms with Crippen molar-refractivity contribution in [1.82, 2.24) is 0 Å². The maximum atomic E-state index is 10.2. The first kappa shape index (κ1) is 17.0. The Hall–Kier alpha value is -0.970. The van der Waals surface area contributed by atoms with Gasteiger partial charge in [-0.2, -0.15) is 0 Å². The molecule has 1 aromatic rings. The van der Waals surface area contributed by atoms with Crippen molar-refractivity contribution in [2.75, 3.05) is 7.11 Å². The fraction of sp³-hybridized carbons (Fsp3) is 0.538. The minimum atomic E-state index is -0.773. The Morgan fingerprint density at radius 2 is 1.83 bits per heavy atom. The van der Waals surface area contributed by atoms with E-state index in [1.54, 1.807) is 12.1 Å². The Balaban J connectivity index is 0.00000289. The first-order valence-corrected chi connectivity index (χ1v) is 5.58. The van der Waals surface area contributed by atoms with Crippen molar-refractivity contribution < 1.29 is 14.9 Å². The molecule has 104 valence electrons. The Bertz CT molecular complexity index is 390. The van der Waals surface area contributed by atoms with E-state index in [2.05, 4.69) is 0 Å². The van der Waals surface area contributed by atoms with Crippen molar-refractivity contribution in [1.29, 1.82) is 0 Å². The predicted octanol–water partition coefficient (Wildman–Crippen LogP) is 2.23. The van der Waals surface area contributed by atoms with Crippen LogP contribution in [0.15, 0.2) is 18.2 Å². The van der Waals surface area contributed by atoms with Gasteiger partial charge >= 0.3 is 0 Å². The van der Waals surface area contributed by atoms with Gasteiger partial charge in [-0.1, -0.05) is 26.8 Å². The van der Waals surface area contributed by atoms with Crippen molar-refractivity contribution in [2.24, 2.45) is 11.1 Å². The predicted molar refractivity (Wildman–Crippen MR) is 74.3 cm³/mol. The molecule has 0 aliphatic heterocycles. The Kier molecular flexibility index (Phi) is 5.93. The third kappa shape index (κ3) is 3.51.